The minimum absolute atomic E-state index is 0.241. The lowest BCUT2D eigenvalue weighted by Gasteiger charge is -2.22. The predicted molar refractivity (Wildman–Crippen MR) is 159 cm³/mol. The summed E-state index contributed by atoms with van der Waals surface area (Å²) in [5, 5.41) is 2.93. The van der Waals surface area contributed by atoms with Gasteiger partial charge in [-0.2, -0.15) is 13.2 Å². The van der Waals surface area contributed by atoms with E-state index in [2.05, 4.69) is 10.3 Å². The molecule has 3 aromatic rings. The van der Waals surface area contributed by atoms with Crippen LogP contribution in [0.25, 0.3) is 6.08 Å². The van der Waals surface area contributed by atoms with Crippen LogP contribution >= 0.6 is 35.3 Å². The van der Waals surface area contributed by atoms with Gasteiger partial charge in [-0.15, -0.1) is 11.3 Å². The molecule has 1 aliphatic heterocycles. The number of nitrogens with zero attached hydrogens (tertiary/aromatic N) is 2. The van der Waals surface area contributed by atoms with Gasteiger partial charge in [-0.1, -0.05) is 60.7 Å². The Hall–Kier alpha value is -3.22. The molecule has 41 heavy (non-hydrogen) atoms. The van der Waals surface area contributed by atoms with Gasteiger partial charge in [-0.25, -0.2) is 4.98 Å². The summed E-state index contributed by atoms with van der Waals surface area (Å²) >= 11 is 7.64. The number of anilines is 1. The Morgan fingerprint density at radius 2 is 1.90 bits per heavy atom. The number of hydrogen-bond donors (Lipinski definition) is 1. The van der Waals surface area contributed by atoms with E-state index in [1.807, 2.05) is 24.3 Å². The van der Waals surface area contributed by atoms with E-state index in [0.717, 1.165) is 59.4 Å². The lowest BCUT2D eigenvalue weighted by molar-refractivity contribution is -0.137. The van der Waals surface area contributed by atoms with Gasteiger partial charge >= 0.3 is 6.18 Å². The summed E-state index contributed by atoms with van der Waals surface area (Å²) < 4.78 is 45.3. The molecule has 1 saturated heterocycles. The second kappa shape index (κ2) is 12.7. The first kappa shape index (κ1) is 29.3. The van der Waals surface area contributed by atoms with Crippen LogP contribution in [-0.4, -0.2) is 38.7 Å². The highest BCUT2D eigenvalue weighted by Gasteiger charge is 2.34. The van der Waals surface area contributed by atoms with Crippen LogP contribution in [0.15, 0.2) is 59.6 Å². The number of thioether (sulfide) groups is 1. The van der Waals surface area contributed by atoms with Crippen molar-refractivity contribution in [1.82, 2.24) is 9.88 Å². The molecular weight excluding hydrogens is 592 g/mol. The normalized spacial score (nSPS) is 17.3. The monoisotopic (exact) mass is 617 g/mol. The van der Waals surface area contributed by atoms with Crippen molar-refractivity contribution in [3.8, 4) is 5.75 Å². The van der Waals surface area contributed by atoms with E-state index in [9.17, 15) is 22.8 Å². The number of benzene rings is 2. The van der Waals surface area contributed by atoms with Crippen molar-refractivity contribution in [3.05, 3.63) is 81.2 Å². The number of halogens is 3. The molecule has 0 atom stereocenters. The van der Waals surface area contributed by atoms with Crippen LogP contribution in [0.1, 0.15) is 53.7 Å². The zero-order valence-electron chi connectivity index (χ0n) is 21.8. The molecule has 1 saturated carbocycles. The number of ether oxygens (including phenoxy) is 1. The molecule has 1 aromatic heterocycles. The summed E-state index contributed by atoms with van der Waals surface area (Å²) in [6.45, 7) is -0.279. The molecule has 1 N–H and O–H groups in total. The van der Waals surface area contributed by atoms with Gasteiger partial charge in [0.2, 0.25) is 5.91 Å². The van der Waals surface area contributed by atoms with Gasteiger partial charge < -0.3 is 10.1 Å². The standard InChI is InChI=1S/C29H26F3N3O3S3/c30-29(31,32)20-6-4-5-19(13-20)14-23-16-33-27(40-23)34-25(36)17-35-26(37)24(41-28(35)39)15-18-9-11-22(12-10-18)38-21-7-2-1-3-8-21/h4-6,9-13,15-16,21H,1-3,7-8,14,17H2,(H,33,34,36)/b24-15-. The molecule has 0 bridgehead atoms. The third-order valence-corrected chi connectivity index (χ3v) is 8.93. The third-order valence-electron chi connectivity index (χ3n) is 6.64. The van der Waals surface area contributed by atoms with Gasteiger partial charge in [0.15, 0.2) is 5.13 Å². The number of alkyl halides is 3. The average molecular weight is 618 g/mol. The lowest BCUT2D eigenvalue weighted by Crippen LogP contribution is -2.36. The predicted octanol–water partition coefficient (Wildman–Crippen LogP) is 7.30. The Morgan fingerprint density at radius 1 is 1.15 bits per heavy atom. The number of hydrogen-bond acceptors (Lipinski definition) is 7. The lowest BCUT2D eigenvalue weighted by atomic mass is 9.98. The van der Waals surface area contributed by atoms with E-state index >= 15 is 0 Å². The quantitative estimate of drug-likeness (QED) is 0.211. The highest BCUT2D eigenvalue weighted by molar-refractivity contribution is 8.26. The molecule has 214 valence electrons. The van der Waals surface area contributed by atoms with Crippen LogP contribution in [0.5, 0.6) is 5.75 Å². The zero-order valence-corrected chi connectivity index (χ0v) is 24.2. The molecule has 2 fully saturated rings. The molecule has 2 heterocycles. The summed E-state index contributed by atoms with van der Waals surface area (Å²) in [5.74, 6) is -0.0350. The SMILES string of the molecule is O=C(CN1C(=O)/C(=C/c2ccc(OC3CCCCC3)cc2)SC1=S)Nc1ncc(Cc2cccc(C(F)(F)F)c2)s1. The van der Waals surface area contributed by atoms with Crippen molar-refractivity contribution < 1.29 is 27.5 Å². The van der Waals surface area contributed by atoms with Crippen LogP contribution in [0.4, 0.5) is 18.3 Å². The fraction of sp³-hybridized carbons (Fsp3) is 0.310. The van der Waals surface area contributed by atoms with E-state index in [1.54, 1.807) is 12.1 Å². The first-order valence-corrected chi connectivity index (χ1v) is 15.1. The second-order valence-corrected chi connectivity index (χ2v) is 12.6. The largest absolute Gasteiger partial charge is 0.490 e. The minimum atomic E-state index is -4.42. The summed E-state index contributed by atoms with van der Waals surface area (Å²) in [6.07, 6.45) is 5.11. The van der Waals surface area contributed by atoms with Crippen LogP contribution in [0.3, 0.4) is 0 Å². The molecule has 5 rings (SSSR count). The van der Waals surface area contributed by atoms with E-state index in [0.29, 0.717) is 15.3 Å². The van der Waals surface area contributed by atoms with Gasteiger partial charge in [0.25, 0.3) is 5.91 Å². The zero-order chi connectivity index (χ0) is 29.0. The molecule has 1 aliphatic carbocycles. The Bertz CT molecular complexity index is 1460. The smallest absolute Gasteiger partial charge is 0.416 e. The van der Waals surface area contributed by atoms with Crippen molar-refractivity contribution >= 4 is 62.7 Å². The summed E-state index contributed by atoms with van der Waals surface area (Å²) in [6, 6.07) is 12.6. The van der Waals surface area contributed by atoms with Crippen LogP contribution in [0, 0.1) is 0 Å². The van der Waals surface area contributed by atoms with Crippen molar-refractivity contribution in [3.63, 3.8) is 0 Å². The first-order chi connectivity index (χ1) is 19.6. The molecule has 2 amide bonds. The number of aromatic nitrogens is 1. The van der Waals surface area contributed by atoms with Crippen molar-refractivity contribution in [2.45, 2.75) is 50.8 Å². The van der Waals surface area contributed by atoms with Crippen molar-refractivity contribution in [2.75, 3.05) is 11.9 Å². The molecule has 2 aliphatic rings. The van der Waals surface area contributed by atoms with Gasteiger partial charge in [0.05, 0.1) is 16.6 Å². The van der Waals surface area contributed by atoms with Crippen molar-refractivity contribution in [1.29, 1.82) is 0 Å². The van der Waals surface area contributed by atoms with Gasteiger partial charge in [0.1, 0.15) is 16.6 Å². The maximum absolute atomic E-state index is 13.0. The van der Waals surface area contributed by atoms with E-state index in [-0.39, 0.29) is 34.4 Å². The fourth-order valence-corrected chi connectivity index (χ4v) is 6.73. The van der Waals surface area contributed by atoms with Crippen LogP contribution in [-0.2, 0) is 22.2 Å². The average Bonchev–Trinajstić information content (AvgIpc) is 3.48. The number of carbonyl (C=O) groups is 2. The van der Waals surface area contributed by atoms with Crippen LogP contribution < -0.4 is 10.1 Å². The molecule has 2 aromatic carbocycles. The van der Waals surface area contributed by atoms with E-state index in [1.165, 1.54) is 36.4 Å². The Morgan fingerprint density at radius 3 is 2.63 bits per heavy atom. The molecule has 12 heteroatoms. The summed E-state index contributed by atoms with van der Waals surface area (Å²) in [7, 11) is 0. The summed E-state index contributed by atoms with van der Waals surface area (Å²) in [4.78, 5) is 32.2. The molecule has 0 radical (unpaired) electrons. The van der Waals surface area contributed by atoms with E-state index in [4.69, 9.17) is 17.0 Å². The highest BCUT2D eigenvalue weighted by atomic mass is 32.2. The second-order valence-electron chi connectivity index (χ2n) is 9.77. The van der Waals surface area contributed by atoms with Gasteiger partial charge in [0, 0.05) is 17.5 Å². The number of thiocarbonyl (C=S) groups is 1. The molecular formula is C29H26F3N3O3S3. The number of carbonyl (C=O) groups excluding carboxylic acids is 2. The summed E-state index contributed by atoms with van der Waals surface area (Å²) in [5.41, 5.74) is 0.588. The highest BCUT2D eigenvalue weighted by Crippen LogP contribution is 2.34. The minimum Gasteiger partial charge on any atom is -0.490 e. The third kappa shape index (κ3) is 7.75. The maximum atomic E-state index is 13.0. The van der Waals surface area contributed by atoms with Crippen molar-refractivity contribution in [2.24, 2.45) is 0 Å². The number of amides is 2. The number of nitrogens with one attached hydrogen (secondary N) is 1. The topological polar surface area (TPSA) is 71.5 Å². The Balaban J connectivity index is 1.15. The van der Waals surface area contributed by atoms with E-state index < -0.39 is 17.6 Å². The maximum Gasteiger partial charge on any atom is 0.416 e. The molecule has 0 spiro atoms. The van der Waals surface area contributed by atoms with Gasteiger partial charge in [-0.05, 0) is 61.1 Å². The Labute approximate surface area is 249 Å². The number of rotatable bonds is 8. The fourth-order valence-electron chi connectivity index (χ4n) is 4.61. The molecule has 0 unspecified atom stereocenters. The first-order valence-electron chi connectivity index (χ1n) is 13.1. The molecule has 6 nitrogen and oxygen atoms in total. The van der Waals surface area contributed by atoms with Crippen LogP contribution in [0.2, 0.25) is 0 Å². The Kier molecular flexibility index (Phi) is 9.10. The van der Waals surface area contributed by atoms with Gasteiger partial charge in [-0.3, -0.25) is 14.5 Å². The number of thiazole rings is 1.